The first kappa shape index (κ1) is 18.2. The number of aryl methyl sites for hydroxylation is 1. The zero-order valence-electron chi connectivity index (χ0n) is 15.6. The van der Waals surface area contributed by atoms with Gasteiger partial charge in [-0.3, -0.25) is 4.79 Å². The molecule has 2 atom stereocenters. The molecule has 0 N–H and O–H groups in total. The van der Waals surface area contributed by atoms with Gasteiger partial charge in [0.15, 0.2) is 0 Å². The molecular weight excluding hydrogens is 326 g/mol. The molecule has 1 aromatic heterocycles. The lowest BCUT2D eigenvalue weighted by Gasteiger charge is -2.38. The van der Waals surface area contributed by atoms with Crippen LogP contribution < -0.4 is 0 Å². The van der Waals surface area contributed by atoms with Gasteiger partial charge < -0.3 is 4.90 Å². The predicted octanol–water partition coefficient (Wildman–Crippen LogP) is 5.75. The van der Waals surface area contributed by atoms with Gasteiger partial charge in [0.05, 0.1) is 6.04 Å². The fourth-order valence-corrected chi connectivity index (χ4v) is 4.75. The first-order chi connectivity index (χ1) is 12.2. The smallest absolute Gasteiger partial charge is 0.226 e. The van der Waals surface area contributed by atoms with E-state index in [4.69, 9.17) is 0 Å². The SMILES string of the molecule is CCCC[C@@H](CC)C(=O)N1CCc2sccc2[C@@H]1c1ccc(C)cc1. The Labute approximate surface area is 155 Å². The van der Waals surface area contributed by atoms with Gasteiger partial charge in [0.25, 0.3) is 0 Å². The Hall–Kier alpha value is -1.61. The number of rotatable bonds is 6. The second kappa shape index (κ2) is 8.18. The van der Waals surface area contributed by atoms with Crippen molar-refractivity contribution in [1.29, 1.82) is 0 Å². The number of hydrogen-bond donors (Lipinski definition) is 0. The zero-order chi connectivity index (χ0) is 17.8. The van der Waals surface area contributed by atoms with Crippen molar-refractivity contribution in [3.63, 3.8) is 0 Å². The van der Waals surface area contributed by atoms with Crippen LogP contribution >= 0.6 is 11.3 Å². The Morgan fingerprint density at radius 3 is 2.68 bits per heavy atom. The summed E-state index contributed by atoms with van der Waals surface area (Å²) in [4.78, 5) is 16.9. The third kappa shape index (κ3) is 3.82. The van der Waals surface area contributed by atoms with E-state index in [1.807, 2.05) is 11.3 Å². The fraction of sp³-hybridized carbons (Fsp3) is 0.500. The van der Waals surface area contributed by atoms with Crippen LogP contribution in [0.2, 0.25) is 0 Å². The Balaban J connectivity index is 1.94. The van der Waals surface area contributed by atoms with Gasteiger partial charge in [0.2, 0.25) is 5.91 Å². The summed E-state index contributed by atoms with van der Waals surface area (Å²) in [5.41, 5.74) is 3.83. The van der Waals surface area contributed by atoms with Crippen LogP contribution in [0.3, 0.4) is 0 Å². The molecule has 3 rings (SSSR count). The number of fused-ring (bicyclic) bond motifs is 1. The van der Waals surface area contributed by atoms with Crippen molar-refractivity contribution < 1.29 is 4.79 Å². The zero-order valence-corrected chi connectivity index (χ0v) is 16.4. The van der Waals surface area contributed by atoms with E-state index in [2.05, 4.69) is 61.4 Å². The van der Waals surface area contributed by atoms with Gasteiger partial charge in [-0.1, -0.05) is 56.5 Å². The Bertz CT molecular complexity index is 703. The lowest BCUT2D eigenvalue weighted by atomic mass is 9.90. The molecular formula is C22H29NOS. The molecule has 0 bridgehead atoms. The second-order valence-corrected chi connectivity index (χ2v) is 8.14. The van der Waals surface area contributed by atoms with E-state index in [9.17, 15) is 4.79 Å². The molecule has 0 unspecified atom stereocenters. The van der Waals surface area contributed by atoms with Crippen molar-refractivity contribution in [2.75, 3.05) is 6.54 Å². The topological polar surface area (TPSA) is 20.3 Å². The van der Waals surface area contributed by atoms with Crippen LogP contribution in [0.4, 0.5) is 0 Å². The van der Waals surface area contributed by atoms with Crippen molar-refractivity contribution in [1.82, 2.24) is 4.90 Å². The van der Waals surface area contributed by atoms with Crippen molar-refractivity contribution in [2.24, 2.45) is 5.92 Å². The molecule has 134 valence electrons. The Morgan fingerprint density at radius 1 is 1.24 bits per heavy atom. The summed E-state index contributed by atoms with van der Waals surface area (Å²) in [7, 11) is 0. The van der Waals surface area contributed by atoms with Crippen molar-refractivity contribution in [3.8, 4) is 0 Å². The van der Waals surface area contributed by atoms with Gasteiger partial charge in [-0.05, 0) is 48.8 Å². The van der Waals surface area contributed by atoms with Crippen LogP contribution in [0.15, 0.2) is 35.7 Å². The number of unbranched alkanes of at least 4 members (excludes halogenated alkanes) is 1. The number of thiophene rings is 1. The maximum absolute atomic E-state index is 13.3. The fourth-order valence-electron chi connectivity index (χ4n) is 3.85. The molecule has 0 saturated carbocycles. The molecule has 2 nitrogen and oxygen atoms in total. The number of benzene rings is 1. The second-order valence-electron chi connectivity index (χ2n) is 7.14. The third-order valence-electron chi connectivity index (χ3n) is 5.39. The highest BCUT2D eigenvalue weighted by atomic mass is 32.1. The predicted molar refractivity (Wildman–Crippen MR) is 106 cm³/mol. The number of nitrogens with zero attached hydrogens (tertiary/aromatic N) is 1. The average molecular weight is 356 g/mol. The number of amides is 1. The normalized spacial score (nSPS) is 18.0. The van der Waals surface area contributed by atoms with E-state index in [1.54, 1.807) is 0 Å². The van der Waals surface area contributed by atoms with Crippen molar-refractivity contribution in [3.05, 3.63) is 57.3 Å². The highest BCUT2D eigenvalue weighted by Gasteiger charge is 2.35. The minimum absolute atomic E-state index is 0.0822. The molecule has 0 spiro atoms. The molecule has 0 saturated heterocycles. The van der Waals surface area contributed by atoms with E-state index < -0.39 is 0 Å². The largest absolute Gasteiger partial charge is 0.331 e. The van der Waals surface area contributed by atoms with E-state index >= 15 is 0 Å². The van der Waals surface area contributed by atoms with E-state index in [-0.39, 0.29) is 12.0 Å². The van der Waals surface area contributed by atoms with E-state index in [1.165, 1.54) is 21.6 Å². The summed E-state index contributed by atoms with van der Waals surface area (Å²) in [6.07, 6.45) is 5.23. The van der Waals surface area contributed by atoms with E-state index in [0.29, 0.717) is 5.91 Å². The van der Waals surface area contributed by atoms with Gasteiger partial charge in [-0.2, -0.15) is 0 Å². The maximum atomic E-state index is 13.3. The van der Waals surface area contributed by atoms with Crippen LogP contribution in [0.5, 0.6) is 0 Å². The van der Waals surface area contributed by atoms with Crippen molar-refractivity contribution in [2.45, 2.75) is 58.9 Å². The molecule has 3 heteroatoms. The molecule has 25 heavy (non-hydrogen) atoms. The molecule has 1 amide bonds. The van der Waals surface area contributed by atoms with Crippen LogP contribution in [0.25, 0.3) is 0 Å². The third-order valence-corrected chi connectivity index (χ3v) is 6.39. The summed E-state index contributed by atoms with van der Waals surface area (Å²) in [6, 6.07) is 11.0. The molecule has 0 fully saturated rings. The average Bonchev–Trinajstić information content (AvgIpc) is 3.11. The first-order valence-corrected chi connectivity index (χ1v) is 10.5. The number of carbonyl (C=O) groups is 1. The van der Waals surface area contributed by atoms with Gasteiger partial charge in [-0.25, -0.2) is 0 Å². The highest BCUT2D eigenvalue weighted by Crippen LogP contribution is 2.39. The Morgan fingerprint density at radius 2 is 2.00 bits per heavy atom. The van der Waals surface area contributed by atoms with Gasteiger partial charge in [0.1, 0.15) is 0 Å². The summed E-state index contributed by atoms with van der Waals surface area (Å²) in [6.45, 7) is 7.30. The monoisotopic (exact) mass is 355 g/mol. The molecule has 2 heterocycles. The first-order valence-electron chi connectivity index (χ1n) is 9.59. The molecule has 1 aromatic carbocycles. The lowest BCUT2D eigenvalue weighted by molar-refractivity contribution is -0.138. The van der Waals surface area contributed by atoms with Crippen LogP contribution in [-0.2, 0) is 11.2 Å². The highest BCUT2D eigenvalue weighted by molar-refractivity contribution is 7.10. The maximum Gasteiger partial charge on any atom is 0.226 e. The summed E-state index contributed by atoms with van der Waals surface area (Å²) in [5.74, 6) is 0.506. The minimum atomic E-state index is 0.0822. The van der Waals surface area contributed by atoms with Crippen LogP contribution in [0.1, 0.15) is 67.1 Å². The minimum Gasteiger partial charge on any atom is -0.331 e. The number of carbonyl (C=O) groups excluding carboxylic acids is 1. The van der Waals surface area contributed by atoms with Crippen LogP contribution in [0, 0.1) is 12.8 Å². The van der Waals surface area contributed by atoms with Gasteiger partial charge in [-0.15, -0.1) is 11.3 Å². The molecule has 2 aromatic rings. The van der Waals surface area contributed by atoms with Crippen molar-refractivity contribution >= 4 is 17.2 Å². The summed E-state index contributed by atoms with van der Waals surface area (Å²) < 4.78 is 0. The summed E-state index contributed by atoms with van der Waals surface area (Å²) in [5, 5.41) is 2.17. The number of hydrogen-bond acceptors (Lipinski definition) is 2. The molecule has 0 radical (unpaired) electrons. The quantitative estimate of drug-likeness (QED) is 0.646. The lowest BCUT2D eigenvalue weighted by Crippen LogP contribution is -2.43. The van der Waals surface area contributed by atoms with E-state index in [0.717, 1.165) is 38.6 Å². The molecule has 1 aliphatic heterocycles. The summed E-state index contributed by atoms with van der Waals surface area (Å²) >= 11 is 1.83. The van der Waals surface area contributed by atoms with Crippen LogP contribution in [-0.4, -0.2) is 17.4 Å². The standard InChI is InChI=1S/C22H29NOS/c1-4-6-7-17(5-2)22(24)23-14-12-20-19(13-15-25-20)21(23)18-10-8-16(3)9-11-18/h8-11,13,15,17,21H,4-7,12,14H2,1-3H3/t17-,21+/m1/s1. The molecule has 0 aliphatic carbocycles. The molecule has 1 aliphatic rings. The van der Waals surface area contributed by atoms with Gasteiger partial charge in [0, 0.05) is 17.3 Å². The Kier molecular flexibility index (Phi) is 5.95. The van der Waals surface area contributed by atoms with Gasteiger partial charge >= 0.3 is 0 Å².